The molecular formula is C13H14F2N4O. The fourth-order valence-electron chi connectivity index (χ4n) is 1.71. The molecule has 5 nitrogen and oxygen atoms in total. The lowest BCUT2D eigenvalue weighted by atomic mass is 10.1. The van der Waals surface area contributed by atoms with Gasteiger partial charge in [-0.25, -0.2) is 8.78 Å². The third-order valence-electron chi connectivity index (χ3n) is 2.67. The van der Waals surface area contributed by atoms with Crippen molar-refractivity contribution in [1.82, 2.24) is 15.5 Å². The Morgan fingerprint density at radius 3 is 2.60 bits per heavy atom. The average molecular weight is 280 g/mol. The molecule has 0 spiro atoms. The number of hydrogen-bond donors (Lipinski definition) is 3. The number of rotatable bonds is 5. The molecule has 1 amide bonds. The van der Waals surface area contributed by atoms with Crippen LogP contribution in [0.1, 0.15) is 22.8 Å². The molecule has 0 atom stereocenters. The number of anilines is 1. The summed E-state index contributed by atoms with van der Waals surface area (Å²) in [4.78, 5) is 11.8. The zero-order chi connectivity index (χ0) is 14.5. The zero-order valence-electron chi connectivity index (χ0n) is 10.8. The molecule has 0 aliphatic carbocycles. The minimum atomic E-state index is -0.791. The average Bonchev–Trinajstić information content (AvgIpc) is 2.93. The Morgan fingerprint density at radius 2 is 2.05 bits per heavy atom. The Bertz CT molecular complexity index is 575. The SMILES string of the molecule is CCNc1c(F)cc(C(=O)NCc2cn[nH]c2)cc1F. The normalized spacial score (nSPS) is 10.3. The largest absolute Gasteiger partial charge is 0.381 e. The highest BCUT2D eigenvalue weighted by Gasteiger charge is 2.14. The Hall–Kier alpha value is -2.44. The molecule has 2 rings (SSSR count). The smallest absolute Gasteiger partial charge is 0.251 e. The molecule has 1 heterocycles. The van der Waals surface area contributed by atoms with Gasteiger partial charge in [0.25, 0.3) is 5.91 Å². The highest BCUT2D eigenvalue weighted by molar-refractivity contribution is 5.94. The molecule has 2 aromatic rings. The van der Waals surface area contributed by atoms with Gasteiger partial charge in [-0.05, 0) is 19.1 Å². The number of amides is 1. The van der Waals surface area contributed by atoms with E-state index in [1.165, 1.54) is 0 Å². The molecule has 106 valence electrons. The van der Waals surface area contributed by atoms with Crippen LogP contribution in [0, 0.1) is 11.6 Å². The summed E-state index contributed by atoms with van der Waals surface area (Å²) in [7, 11) is 0. The number of carbonyl (C=O) groups is 1. The van der Waals surface area contributed by atoms with Crippen LogP contribution in [0.2, 0.25) is 0 Å². The van der Waals surface area contributed by atoms with Gasteiger partial charge in [0, 0.05) is 30.4 Å². The molecule has 1 aromatic heterocycles. The number of H-pyrrole nitrogens is 1. The molecule has 3 N–H and O–H groups in total. The van der Waals surface area contributed by atoms with Crippen molar-refractivity contribution in [2.75, 3.05) is 11.9 Å². The molecule has 0 bridgehead atoms. The number of hydrogen-bond acceptors (Lipinski definition) is 3. The molecule has 1 aromatic carbocycles. The monoisotopic (exact) mass is 280 g/mol. The van der Waals surface area contributed by atoms with Gasteiger partial charge < -0.3 is 10.6 Å². The first kappa shape index (κ1) is 14.0. The summed E-state index contributed by atoms with van der Waals surface area (Å²) in [5, 5.41) is 11.5. The van der Waals surface area contributed by atoms with Gasteiger partial charge in [0.05, 0.1) is 6.20 Å². The van der Waals surface area contributed by atoms with E-state index in [4.69, 9.17) is 0 Å². The van der Waals surface area contributed by atoms with Crippen LogP contribution in [0.3, 0.4) is 0 Å². The van der Waals surface area contributed by atoms with Gasteiger partial charge in [-0.1, -0.05) is 0 Å². The van der Waals surface area contributed by atoms with Crippen molar-refractivity contribution in [1.29, 1.82) is 0 Å². The van der Waals surface area contributed by atoms with Crippen LogP contribution in [-0.4, -0.2) is 22.6 Å². The lowest BCUT2D eigenvalue weighted by molar-refractivity contribution is 0.0950. The minimum Gasteiger partial charge on any atom is -0.381 e. The van der Waals surface area contributed by atoms with Crippen molar-refractivity contribution in [2.45, 2.75) is 13.5 Å². The molecule has 0 saturated carbocycles. The van der Waals surface area contributed by atoms with Gasteiger partial charge in [-0.2, -0.15) is 5.10 Å². The Balaban J connectivity index is 2.10. The van der Waals surface area contributed by atoms with E-state index in [1.807, 2.05) is 0 Å². The number of benzene rings is 1. The highest BCUT2D eigenvalue weighted by Crippen LogP contribution is 2.20. The van der Waals surface area contributed by atoms with Crippen molar-refractivity contribution in [3.8, 4) is 0 Å². The third kappa shape index (κ3) is 3.11. The number of nitrogens with zero attached hydrogens (tertiary/aromatic N) is 1. The number of halogens is 2. The summed E-state index contributed by atoms with van der Waals surface area (Å²) >= 11 is 0. The highest BCUT2D eigenvalue weighted by atomic mass is 19.1. The summed E-state index contributed by atoms with van der Waals surface area (Å²) < 4.78 is 27.3. The Morgan fingerprint density at radius 1 is 1.35 bits per heavy atom. The van der Waals surface area contributed by atoms with E-state index in [-0.39, 0.29) is 17.8 Å². The molecule has 0 saturated heterocycles. The third-order valence-corrected chi connectivity index (χ3v) is 2.67. The maximum absolute atomic E-state index is 13.7. The van der Waals surface area contributed by atoms with Gasteiger partial charge >= 0.3 is 0 Å². The van der Waals surface area contributed by atoms with Gasteiger partial charge in [-0.3, -0.25) is 9.89 Å². The van der Waals surface area contributed by atoms with Crippen molar-refractivity contribution < 1.29 is 13.6 Å². The molecule has 0 aliphatic rings. The minimum absolute atomic E-state index is 0.0647. The number of aromatic amines is 1. The standard InChI is InChI=1S/C13H14F2N4O/c1-2-16-12-10(14)3-9(4-11(12)15)13(20)17-5-8-6-18-19-7-8/h3-4,6-7,16H,2,5H2,1H3,(H,17,20)(H,18,19). The summed E-state index contributed by atoms with van der Waals surface area (Å²) in [5.41, 5.74) is 0.479. The van der Waals surface area contributed by atoms with Crippen LogP contribution in [0.4, 0.5) is 14.5 Å². The maximum atomic E-state index is 13.7. The summed E-state index contributed by atoms with van der Waals surface area (Å²) in [6.07, 6.45) is 3.17. The van der Waals surface area contributed by atoms with Crippen LogP contribution in [0.15, 0.2) is 24.5 Å². The van der Waals surface area contributed by atoms with Crippen LogP contribution in [-0.2, 0) is 6.54 Å². The first-order chi connectivity index (χ1) is 9.61. The predicted molar refractivity (Wildman–Crippen MR) is 70.3 cm³/mol. The van der Waals surface area contributed by atoms with E-state index in [9.17, 15) is 13.6 Å². The second kappa shape index (κ2) is 6.14. The fraction of sp³-hybridized carbons (Fsp3) is 0.231. The van der Waals surface area contributed by atoms with Gasteiger partial charge in [0.2, 0.25) is 0 Å². The molecule has 0 radical (unpaired) electrons. The first-order valence-electron chi connectivity index (χ1n) is 6.10. The van der Waals surface area contributed by atoms with E-state index in [0.717, 1.165) is 17.7 Å². The molecule has 7 heteroatoms. The first-order valence-corrected chi connectivity index (χ1v) is 6.10. The quantitative estimate of drug-likeness (QED) is 0.785. The van der Waals surface area contributed by atoms with Crippen LogP contribution < -0.4 is 10.6 Å². The molecule has 0 unspecified atom stereocenters. The Labute approximate surface area is 114 Å². The summed E-state index contributed by atoms with van der Waals surface area (Å²) in [6.45, 7) is 2.35. The number of aromatic nitrogens is 2. The summed E-state index contributed by atoms with van der Waals surface area (Å²) in [6, 6.07) is 2.01. The molecule has 0 fully saturated rings. The van der Waals surface area contributed by atoms with Gasteiger partial charge in [0.1, 0.15) is 17.3 Å². The topological polar surface area (TPSA) is 69.8 Å². The van der Waals surface area contributed by atoms with Crippen LogP contribution in [0.5, 0.6) is 0 Å². The van der Waals surface area contributed by atoms with E-state index < -0.39 is 17.5 Å². The summed E-state index contributed by atoms with van der Waals surface area (Å²) in [5.74, 6) is -2.13. The number of nitrogens with one attached hydrogen (secondary N) is 3. The van der Waals surface area contributed by atoms with Crippen molar-refractivity contribution in [3.05, 3.63) is 47.3 Å². The lowest BCUT2D eigenvalue weighted by Gasteiger charge is -2.09. The van der Waals surface area contributed by atoms with E-state index in [1.54, 1.807) is 19.3 Å². The van der Waals surface area contributed by atoms with Crippen molar-refractivity contribution in [3.63, 3.8) is 0 Å². The lowest BCUT2D eigenvalue weighted by Crippen LogP contribution is -2.23. The maximum Gasteiger partial charge on any atom is 0.251 e. The van der Waals surface area contributed by atoms with Gasteiger partial charge in [-0.15, -0.1) is 0 Å². The zero-order valence-corrected chi connectivity index (χ0v) is 10.8. The Kier molecular flexibility index (Phi) is 4.29. The second-order valence-electron chi connectivity index (χ2n) is 4.13. The molecular weight excluding hydrogens is 266 g/mol. The predicted octanol–water partition coefficient (Wildman–Crippen LogP) is 2.05. The van der Waals surface area contributed by atoms with Crippen molar-refractivity contribution in [2.24, 2.45) is 0 Å². The molecule has 0 aliphatic heterocycles. The van der Waals surface area contributed by atoms with E-state index in [0.29, 0.717) is 6.54 Å². The van der Waals surface area contributed by atoms with Gasteiger partial charge in [0.15, 0.2) is 0 Å². The van der Waals surface area contributed by atoms with E-state index >= 15 is 0 Å². The van der Waals surface area contributed by atoms with Crippen molar-refractivity contribution >= 4 is 11.6 Å². The second-order valence-corrected chi connectivity index (χ2v) is 4.13. The fourth-order valence-corrected chi connectivity index (χ4v) is 1.71. The van der Waals surface area contributed by atoms with E-state index in [2.05, 4.69) is 20.8 Å². The number of carbonyl (C=O) groups excluding carboxylic acids is 1. The molecule has 20 heavy (non-hydrogen) atoms. The van der Waals surface area contributed by atoms with Crippen LogP contribution >= 0.6 is 0 Å². The van der Waals surface area contributed by atoms with Crippen LogP contribution in [0.25, 0.3) is 0 Å².